The van der Waals surface area contributed by atoms with Gasteiger partial charge < -0.3 is 15.4 Å². The van der Waals surface area contributed by atoms with Gasteiger partial charge >= 0.3 is 0 Å². The molecule has 0 spiro atoms. The first kappa shape index (κ1) is 15.8. The summed E-state index contributed by atoms with van der Waals surface area (Å²) in [4.78, 5) is 5.86. The number of rotatable bonds is 8. The maximum Gasteiger partial charge on any atom is 0.240 e. The highest BCUT2D eigenvalue weighted by Crippen LogP contribution is 2.09. The number of hydrogen-bond acceptors (Lipinski definition) is 6. The van der Waals surface area contributed by atoms with Crippen LogP contribution in [0.15, 0.2) is 23.2 Å². The zero-order chi connectivity index (χ0) is 14.3. The minimum atomic E-state index is -3.53. The molecule has 1 aromatic rings. The largest absolute Gasteiger partial charge is 0.384 e. The van der Waals surface area contributed by atoms with Gasteiger partial charge in [-0.1, -0.05) is 0 Å². The third-order valence-electron chi connectivity index (χ3n) is 2.53. The number of hydrogen-bond donors (Lipinski definition) is 2. The van der Waals surface area contributed by atoms with Crippen LogP contribution in [0.2, 0.25) is 0 Å². The van der Waals surface area contributed by atoms with Gasteiger partial charge in [-0.2, -0.15) is 0 Å². The van der Waals surface area contributed by atoms with Crippen LogP contribution >= 0.6 is 0 Å². The number of nitrogens with two attached hydrogens (primary N) is 1. The third-order valence-corrected chi connectivity index (χ3v) is 3.98. The summed E-state index contributed by atoms with van der Waals surface area (Å²) in [6.45, 7) is 2.29. The Balaban J connectivity index is 2.48. The van der Waals surface area contributed by atoms with E-state index in [0.717, 1.165) is 6.54 Å². The van der Waals surface area contributed by atoms with Crippen molar-refractivity contribution in [3.8, 4) is 0 Å². The summed E-state index contributed by atoms with van der Waals surface area (Å²) in [7, 11) is 0.00303. The minimum Gasteiger partial charge on any atom is -0.384 e. The maximum atomic E-state index is 11.9. The number of nitrogens with zero attached hydrogens (tertiary/aromatic N) is 2. The fourth-order valence-corrected chi connectivity index (χ4v) is 2.45. The van der Waals surface area contributed by atoms with Crippen LogP contribution in [0.25, 0.3) is 0 Å². The van der Waals surface area contributed by atoms with Crippen LogP contribution in [0.5, 0.6) is 0 Å². The molecular weight excluding hydrogens is 268 g/mol. The van der Waals surface area contributed by atoms with Crippen LogP contribution in [-0.2, 0) is 14.8 Å². The molecule has 7 nitrogen and oxygen atoms in total. The van der Waals surface area contributed by atoms with Gasteiger partial charge in [-0.05, 0) is 13.1 Å². The van der Waals surface area contributed by atoms with Crippen molar-refractivity contribution in [2.45, 2.75) is 4.90 Å². The van der Waals surface area contributed by atoms with Crippen LogP contribution in [0, 0.1) is 0 Å². The fraction of sp³-hybridized carbons (Fsp3) is 0.545. The Kier molecular flexibility index (Phi) is 6.16. The van der Waals surface area contributed by atoms with Gasteiger partial charge in [0.1, 0.15) is 5.82 Å². The number of anilines is 1. The molecule has 0 aliphatic carbocycles. The highest BCUT2D eigenvalue weighted by atomic mass is 32.2. The molecule has 1 aromatic heterocycles. The molecule has 3 N–H and O–H groups in total. The molecule has 0 unspecified atom stereocenters. The summed E-state index contributed by atoms with van der Waals surface area (Å²) < 4.78 is 31.3. The highest BCUT2D eigenvalue weighted by molar-refractivity contribution is 7.89. The van der Waals surface area contributed by atoms with Gasteiger partial charge in [-0.3, -0.25) is 0 Å². The summed E-state index contributed by atoms with van der Waals surface area (Å²) in [6.07, 6.45) is 1.37. The molecule has 0 bridgehead atoms. The Bertz CT molecular complexity index is 492. The van der Waals surface area contributed by atoms with E-state index < -0.39 is 10.0 Å². The monoisotopic (exact) mass is 288 g/mol. The molecule has 0 saturated carbocycles. The third kappa shape index (κ3) is 5.52. The Morgan fingerprint density at radius 3 is 2.84 bits per heavy atom. The van der Waals surface area contributed by atoms with E-state index in [0.29, 0.717) is 19.7 Å². The van der Waals surface area contributed by atoms with E-state index in [1.807, 2.05) is 11.9 Å². The van der Waals surface area contributed by atoms with Crippen LogP contribution in [0.1, 0.15) is 0 Å². The lowest BCUT2D eigenvalue weighted by Crippen LogP contribution is -2.34. The first-order chi connectivity index (χ1) is 8.95. The van der Waals surface area contributed by atoms with Crippen molar-refractivity contribution >= 4 is 15.8 Å². The van der Waals surface area contributed by atoms with E-state index in [1.54, 1.807) is 7.11 Å². The van der Waals surface area contributed by atoms with Gasteiger partial charge in [0.2, 0.25) is 10.0 Å². The number of sulfonamides is 1. The molecule has 1 rings (SSSR count). The molecule has 0 saturated heterocycles. The van der Waals surface area contributed by atoms with Gasteiger partial charge in [0, 0.05) is 39.0 Å². The number of pyridine rings is 1. The molecule has 0 aliphatic rings. The Labute approximate surface area is 113 Å². The molecule has 19 heavy (non-hydrogen) atoms. The van der Waals surface area contributed by atoms with Crippen molar-refractivity contribution in [1.82, 2.24) is 14.6 Å². The number of ether oxygens (including phenoxy) is 1. The summed E-state index contributed by atoms with van der Waals surface area (Å²) in [6, 6.07) is 2.74. The molecule has 1 heterocycles. The van der Waals surface area contributed by atoms with Crippen LogP contribution in [-0.4, -0.2) is 58.7 Å². The normalized spacial score (nSPS) is 11.9. The van der Waals surface area contributed by atoms with Crippen LogP contribution in [0.4, 0.5) is 5.82 Å². The quantitative estimate of drug-likeness (QED) is 0.670. The average molecular weight is 288 g/mol. The zero-order valence-electron chi connectivity index (χ0n) is 11.2. The summed E-state index contributed by atoms with van der Waals surface area (Å²) >= 11 is 0. The second-order valence-electron chi connectivity index (χ2n) is 4.11. The molecule has 0 amide bonds. The van der Waals surface area contributed by atoms with Crippen molar-refractivity contribution < 1.29 is 13.2 Å². The lowest BCUT2D eigenvalue weighted by atomic mass is 10.5. The lowest BCUT2D eigenvalue weighted by molar-refractivity contribution is 0.162. The predicted octanol–water partition coefficient (Wildman–Crippen LogP) is -0.480. The van der Waals surface area contributed by atoms with E-state index in [9.17, 15) is 8.42 Å². The molecule has 0 aromatic carbocycles. The standard InChI is InChI=1S/C11H20N4O3S/c1-15(7-8-18-2)6-5-14-19(16,17)10-3-4-13-11(12)9-10/h3-4,9,14H,5-8H2,1-2H3,(H2,12,13). The summed E-state index contributed by atoms with van der Waals surface area (Å²) in [5.41, 5.74) is 5.46. The molecule has 0 aliphatic heterocycles. The topological polar surface area (TPSA) is 97.5 Å². The van der Waals surface area contributed by atoms with Gasteiger partial charge in [0.05, 0.1) is 11.5 Å². The number of nitrogen functional groups attached to an aromatic ring is 1. The summed E-state index contributed by atoms with van der Waals surface area (Å²) in [5.74, 6) is 0.181. The number of likely N-dealkylation sites (N-methyl/N-ethyl adjacent to an activating group) is 1. The molecule has 8 heteroatoms. The van der Waals surface area contributed by atoms with Crippen molar-refractivity contribution in [1.29, 1.82) is 0 Å². The second kappa shape index (κ2) is 7.39. The minimum absolute atomic E-state index is 0.125. The SMILES string of the molecule is COCCN(C)CCNS(=O)(=O)c1ccnc(N)c1. The first-order valence-electron chi connectivity index (χ1n) is 5.84. The molecular formula is C11H20N4O3S. The van der Waals surface area contributed by atoms with Crippen molar-refractivity contribution in [3.63, 3.8) is 0 Å². The van der Waals surface area contributed by atoms with Gasteiger partial charge in [0.15, 0.2) is 0 Å². The maximum absolute atomic E-state index is 11.9. The Hall–Kier alpha value is -1.22. The molecule has 0 atom stereocenters. The van der Waals surface area contributed by atoms with Gasteiger partial charge in [-0.25, -0.2) is 18.1 Å². The highest BCUT2D eigenvalue weighted by Gasteiger charge is 2.13. The Morgan fingerprint density at radius 1 is 1.47 bits per heavy atom. The molecule has 0 fully saturated rings. The number of aromatic nitrogens is 1. The molecule has 108 valence electrons. The van der Waals surface area contributed by atoms with Gasteiger partial charge in [-0.15, -0.1) is 0 Å². The van der Waals surface area contributed by atoms with Crippen molar-refractivity contribution in [2.24, 2.45) is 0 Å². The van der Waals surface area contributed by atoms with E-state index in [4.69, 9.17) is 10.5 Å². The van der Waals surface area contributed by atoms with Crippen LogP contribution in [0.3, 0.4) is 0 Å². The van der Waals surface area contributed by atoms with Crippen LogP contribution < -0.4 is 10.5 Å². The van der Waals surface area contributed by atoms with Crippen molar-refractivity contribution in [2.75, 3.05) is 46.1 Å². The van der Waals surface area contributed by atoms with E-state index in [1.165, 1.54) is 18.3 Å². The number of methoxy groups -OCH3 is 1. The predicted molar refractivity (Wildman–Crippen MR) is 73.2 cm³/mol. The summed E-state index contributed by atoms with van der Waals surface area (Å²) in [5, 5.41) is 0. The Morgan fingerprint density at radius 2 is 2.21 bits per heavy atom. The lowest BCUT2D eigenvalue weighted by Gasteiger charge is -2.16. The number of nitrogens with one attached hydrogen (secondary N) is 1. The van der Waals surface area contributed by atoms with E-state index >= 15 is 0 Å². The van der Waals surface area contributed by atoms with E-state index in [2.05, 4.69) is 9.71 Å². The smallest absolute Gasteiger partial charge is 0.240 e. The van der Waals surface area contributed by atoms with Crippen molar-refractivity contribution in [3.05, 3.63) is 18.3 Å². The first-order valence-corrected chi connectivity index (χ1v) is 7.32. The molecule has 0 radical (unpaired) electrons. The van der Waals surface area contributed by atoms with E-state index in [-0.39, 0.29) is 10.7 Å². The second-order valence-corrected chi connectivity index (χ2v) is 5.88. The average Bonchev–Trinajstić information content (AvgIpc) is 2.36. The zero-order valence-corrected chi connectivity index (χ0v) is 12.0. The fourth-order valence-electron chi connectivity index (χ4n) is 1.41. The van der Waals surface area contributed by atoms with Gasteiger partial charge in [0.25, 0.3) is 0 Å².